The van der Waals surface area contributed by atoms with E-state index in [1.54, 1.807) is 0 Å². The maximum absolute atomic E-state index is 5.72. The van der Waals surface area contributed by atoms with Crippen molar-refractivity contribution in [2.45, 2.75) is 65.1 Å². The zero-order valence-electron chi connectivity index (χ0n) is 10.6. The van der Waals surface area contributed by atoms with Crippen LogP contribution in [0.4, 0.5) is 0 Å². The molecular weight excluding hydrogens is 188 g/mol. The molecule has 91 valence electrons. The molecule has 0 bridgehead atoms. The summed E-state index contributed by atoms with van der Waals surface area (Å²) in [5.74, 6) is 0. The SMILES string of the molecule is [CH2]CC(CCCOC(C)C)OCCCC. The van der Waals surface area contributed by atoms with Crippen molar-refractivity contribution < 1.29 is 9.47 Å². The molecule has 0 saturated heterocycles. The summed E-state index contributed by atoms with van der Waals surface area (Å²) in [6, 6.07) is 0. The third kappa shape index (κ3) is 10.2. The summed E-state index contributed by atoms with van der Waals surface area (Å²) in [5.41, 5.74) is 0. The van der Waals surface area contributed by atoms with Crippen LogP contribution in [0.15, 0.2) is 0 Å². The van der Waals surface area contributed by atoms with Gasteiger partial charge >= 0.3 is 0 Å². The van der Waals surface area contributed by atoms with Crippen LogP contribution < -0.4 is 0 Å². The van der Waals surface area contributed by atoms with Crippen molar-refractivity contribution in [3.8, 4) is 0 Å². The zero-order valence-corrected chi connectivity index (χ0v) is 10.6. The highest BCUT2D eigenvalue weighted by Gasteiger charge is 2.06. The van der Waals surface area contributed by atoms with Crippen molar-refractivity contribution >= 4 is 0 Å². The van der Waals surface area contributed by atoms with Crippen molar-refractivity contribution in [2.75, 3.05) is 13.2 Å². The molecule has 0 aromatic carbocycles. The second kappa shape index (κ2) is 10.4. The van der Waals surface area contributed by atoms with Gasteiger partial charge in [-0.25, -0.2) is 0 Å². The lowest BCUT2D eigenvalue weighted by Crippen LogP contribution is -2.14. The molecule has 0 aromatic rings. The largest absolute Gasteiger partial charge is 0.379 e. The Bertz CT molecular complexity index is 124. The van der Waals surface area contributed by atoms with Crippen LogP contribution in [-0.2, 0) is 9.47 Å². The van der Waals surface area contributed by atoms with Crippen molar-refractivity contribution in [1.82, 2.24) is 0 Å². The molecule has 0 rings (SSSR count). The predicted octanol–water partition coefficient (Wildman–Crippen LogP) is 3.60. The second-order valence-electron chi connectivity index (χ2n) is 4.20. The molecule has 0 heterocycles. The topological polar surface area (TPSA) is 18.5 Å². The highest BCUT2D eigenvalue weighted by molar-refractivity contribution is 4.60. The number of ether oxygens (including phenoxy) is 2. The van der Waals surface area contributed by atoms with Gasteiger partial charge in [-0.3, -0.25) is 0 Å². The molecule has 0 N–H and O–H groups in total. The van der Waals surface area contributed by atoms with Gasteiger partial charge in [0.05, 0.1) is 12.2 Å². The Hall–Kier alpha value is -0.0800. The monoisotopic (exact) mass is 215 g/mol. The van der Waals surface area contributed by atoms with Crippen molar-refractivity contribution in [1.29, 1.82) is 0 Å². The third-order valence-corrected chi connectivity index (χ3v) is 2.30. The smallest absolute Gasteiger partial charge is 0.0576 e. The molecule has 15 heavy (non-hydrogen) atoms. The quantitative estimate of drug-likeness (QED) is 0.518. The molecule has 0 aromatic heterocycles. The minimum Gasteiger partial charge on any atom is -0.379 e. The van der Waals surface area contributed by atoms with E-state index < -0.39 is 0 Å². The van der Waals surface area contributed by atoms with Crippen LogP contribution in [-0.4, -0.2) is 25.4 Å². The Labute approximate surface area is 95.3 Å². The average molecular weight is 215 g/mol. The first-order valence-corrected chi connectivity index (χ1v) is 6.23. The van der Waals surface area contributed by atoms with Gasteiger partial charge in [-0.1, -0.05) is 20.3 Å². The maximum Gasteiger partial charge on any atom is 0.0576 e. The van der Waals surface area contributed by atoms with Gasteiger partial charge in [-0.15, -0.1) is 0 Å². The lowest BCUT2D eigenvalue weighted by atomic mass is 10.1. The van der Waals surface area contributed by atoms with Crippen LogP contribution in [0.3, 0.4) is 0 Å². The molecule has 1 atom stereocenters. The summed E-state index contributed by atoms with van der Waals surface area (Å²) in [4.78, 5) is 0. The molecule has 2 nitrogen and oxygen atoms in total. The molecule has 1 unspecified atom stereocenters. The Morgan fingerprint density at radius 3 is 2.27 bits per heavy atom. The average Bonchev–Trinajstić information content (AvgIpc) is 2.21. The van der Waals surface area contributed by atoms with Gasteiger partial charge in [0, 0.05) is 13.2 Å². The van der Waals surface area contributed by atoms with Gasteiger partial charge in [-0.05, 0) is 39.5 Å². The highest BCUT2D eigenvalue weighted by atomic mass is 16.5. The molecular formula is C13H27O2. The first kappa shape index (κ1) is 14.9. The van der Waals surface area contributed by atoms with Gasteiger partial charge in [0.1, 0.15) is 0 Å². The third-order valence-electron chi connectivity index (χ3n) is 2.30. The zero-order chi connectivity index (χ0) is 11.5. The van der Waals surface area contributed by atoms with Gasteiger partial charge in [0.25, 0.3) is 0 Å². The summed E-state index contributed by atoms with van der Waals surface area (Å²) in [6.07, 6.45) is 6.02. The van der Waals surface area contributed by atoms with Crippen molar-refractivity contribution in [3.05, 3.63) is 6.92 Å². The van der Waals surface area contributed by atoms with E-state index in [1.807, 2.05) is 0 Å². The summed E-state index contributed by atoms with van der Waals surface area (Å²) in [5, 5.41) is 0. The highest BCUT2D eigenvalue weighted by Crippen LogP contribution is 2.08. The van der Waals surface area contributed by atoms with Crippen LogP contribution in [0.2, 0.25) is 0 Å². The molecule has 0 saturated carbocycles. The first-order chi connectivity index (χ1) is 7.20. The van der Waals surface area contributed by atoms with E-state index >= 15 is 0 Å². The normalized spacial score (nSPS) is 13.4. The number of hydrogen-bond donors (Lipinski definition) is 0. The molecule has 0 fully saturated rings. The van der Waals surface area contributed by atoms with Crippen LogP contribution in [0.1, 0.15) is 52.9 Å². The fourth-order valence-corrected chi connectivity index (χ4v) is 1.34. The Morgan fingerprint density at radius 1 is 1.07 bits per heavy atom. The standard InChI is InChI=1S/C13H27O2/c1-5-7-10-15-13(6-2)9-8-11-14-12(3)4/h12-13H,2,5-11H2,1,3-4H3. The molecule has 1 radical (unpaired) electrons. The number of unbranched alkanes of at least 4 members (excludes halogenated alkanes) is 1. The van der Waals surface area contributed by atoms with E-state index in [0.717, 1.165) is 38.9 Å². The van der Waals surface area contributed by atoms with E-state index in [-0.39, 0.29) is 0 Å². The Kier molecular flexibility index (Phi) is 10.4. The fourth-order valence-electron chi connectivity index (χ4n) is 1.34. The van der Waals surface area contributed by atoms with Gasteiger partial charge < -0.3 is 9.47 Å². The summed E-state index contributed by atoms with van der Waals surface area (Å²) < 4.78 is 11.2. The van der Waals surface area contributed by atoms with Crippen LogP contribution in [0.5, 0.6) is 0 Å². The van der Waals surface area contributed by atoms with Crippen molar-refractivity contribution in [2.24, 2.45) is 0 Å². The van der Waals surface area contributed by atoms with Gasteiger partial charge in [0.15, 0.2) is 0 Å². The Morgan fingerprint density at radius 2 is 1.73 bits per heavy atom. The van der Waals surface area contributed by atoms with E-state index in [2.05, 4.69) is 27.7 Å². The van der Waals surface area contributed by atoms with E-state index in [4.69, 9.17) is 9.47 Å². The lowest BCUT2D eigenvalue weighted by Gasteiger charge is -2.16. The van der Waals surface area contributed by atoms with E-state index in [1.165, 1.54) is 6.42 Å². The molecule has 0 amide bonds. The lowest BCUT2D eigenvalue weighted by molar-refractivity contribution is 0.0292. The van der Waals surface area contributed by atoms with Gasteiger partial charge in [-0.2, -0.15) is 0 Å². The minimum atomic E-state index is 0.326. The Balaban J connectivity index is 3.35. The van der Waals surface area contributed by atoms with Gasteiger partial charge in [0.2, 0.25) is 0 Å². The summed E-state index contributed by atoms with van der Waals surface area (Å²) in [6.45, 7) is 11.9. The minimum absolute atomic E-state index is 0.326. The first-order valence-electron chi connectivity index (χ1n) is 6.23. The van der Waals surface area contributed by atoms with Crippen LogP contribution in [0.25, 0.3) is 0 Å². The maximum atomic E-state index is 5.72. The van der Waals surface area contributed by atoms with Crippen molar-refractivity contribution in [3.63, 3.8) is 0 Å². The number of rotatable bonds is 10. The molecule has 0 spiro atoms. The second-order valence-corrected chi connectivity index (χ2v) is 4.20. The van der Waals surface area contributed by atoms with Crippen LogP contribution in [0, 0.1) is 6.92 Å². The summed E-state index contributed by atoms with van der Waals surface area (Å²) in [7, 11) is 0. The van der Waals surface area contributed by atoms with Crippen LogP contribution >= 0.6 is 0 Å². The van der Waals surface area contributed by atoms with E-state index in [0.29, 0.717) is 12.2 Å². The molecule has 2 heteroatoms. The molecule has 0 aliphatic carbocycles. The molecule has 0 aliphatic rings. The summed E-state index contributed by atoms with van der Waals surface area (Å²) >= 11 is 0. The number of hydrogen-bond acceptors (Lipinski definition) is 2. The molecule has 0 aliphatic heterocycles. The predicted molar refractivity (Wildman–Crippen MR) is 64.9 cm³/mol. The van der Waals surface area contributed by atoms with E-state index in [9.17, 15) is 0 Å². The fraction of sp³-hybridized carbons (Fsp3) is 0.923.